The summed E-state index contributed by atoms with van der Waals surface area (Å²) in [6, 6.07) is 26.6. The molecule has 0 radical (unpaired) electrons. The first-order chi connectivity index (χ1) is 14.1. The van der Waals surface area contributed by atoms with E-state index in [1.165, 1.54) is 0 Å². The zero-order chi connectivity index (χ0) is 20.3. The van der Waals surface area contributed by atoms with Gasteiger partial charge in [-0.1, -0.05) is 72.8 Å². The SMILES string of the molecule is CC(CCC1(O)/C(=C/c2ccccc2)C(=O)c2ccccc21)Oc1ccccc1. The molecule has 0 aromatic heterocycles. The highest BCUT2D eigenvalue weighted by Gasteiger charge is 2.46. The Labute approximate surface area is 171 Å². The Balaban J connectivity index is 1.62. The molecule has 2 unspecified atom stereocenters. The van der Waals surface area contributed by atoms with Crippen LogP contribution < -0.4 is 4.74 Å². The second-order valence-electron chi connectivity index (χ2n) is 7.48. The number of ether oxygens (including phenoxy) is 1. The summed E-state index contributed by atoms with van der Waals surface area (Å²) in [6.07, 6.45) is 2.73. The van der Waals surface area contributed by atoms with Crippen LogP contribution in [0.5, 0.6) is 5.75 Å². The van der Waals surface area contributed by atoms with Crippen LogP contribution in [0.25, 0.3) is 6.08 Å². The number of hydrogen-bond acceptors (Lipinski definition) is 3. The summed E-state index contributed by atoms with van der Waals surface area (Å²) in [6.45, 7) is 1.99. The van der Waals surface area contributed by atoms with Gasteiger partial charge in [-0.3, -0.25) is 4.79 Å². The number of carbonyl (C=O) groups excluding carboxylic acids is 1. The number of ketones is 1. The molecule has 0 spiro atoms. The molecule has 2 atom stereocenters. The summed E-state index contributed by atoms with van der Waals surface area (Å²) < 4.78 is 5.97. The Kier molecular flexibility index (Phi) is 5.32. The molecule has 1 aliphatic rings. The number of aliphatic hydroxyl groups is 1. The van der Waals surface area contributed by atoms with Gasteiger partial charge in [0, 0.05) is 11.1 Å². The van der Waals surface area contributed by atoms with Gasteiger partial charge in [0.15, 0.2) is 5.78 Å². The molecule has 4 rings (SSSR count). The summed E-state index contributed by atoms with van der Waals surface area (Å²) in [7, 11) is 0. The van der Waals surface area contributed by atoms with Crippen LogP contribution in [0.1, 0.15) is 41.3 Å². The van der Waals surface area contributed by atoms with Crippen LogP contribution >= 0.6 is 0 Å². The molecule has 1 N–H and O–H groups in total. The van der Waals surface area contributed by atoms with Crippen molar-refractivity contribution in [1.29, 1.82) is 0 Å². The summed E-state index contributed by atoms with van der Waals surface area (Å²) in [4.78, 5) is 13.1. The topological polar surface area (TPSA) is 46.5 Å². The standard InChI is InChI=1S/C26H24O3/c1-19(29-21-12-6-3-7-13-21)16-17-26(28)23-15-9-8-14-22(23)25(27)24(26)18-20-10-4-2-5-11-20/h2-15,18-19,28H,16-17H2,1H3/b24-18+. The second kappa shape index (κ2) is 8.06. The Morgan fingerprint density at radius 1 is 0.931 bits per heavy atom. The van der Waals surface area contributed by atoms with E-state index in [0.29, 0.717) is 29.5 Å². The van der Waals surface area contributed by atoms with E-state index in [4.69, 9.17) is 4.74 Å². The van der Waals surface area contributed by atoms with Gasteiger partial charge in [0.2, 0.25) is 0 Å². The fourth-order valence-electron chi connectivity index (χ4n) is 3.89. The molecule has 0 amide bonds. The molecule has 0 fully saturated rings. The predicted octanol–water partition coefficient (Wildman–Crippen LogP) is 5.40. The maximum Gasteiger partial charge on any atom is 0.192 e. The number of benzene rings is 3. The Hall–Kier alpha value is -3.17. The highest BCUT2D eigenvalue weighted by molar-refractivity contribution is 6.17. The van der Waals surface area contributed by atoms with E-state index in [2.05, 4.69) is 0 Å². The number of Topliss-reactive ketones (excluding diaryl/α,β-unsaturated/α-hetero) is 1. The number of para-hydroxylation sites is 1. The zero-order valence-electron chi connectivity index (χ0n) is 16.4. The normalized spacial score (nSPS) is 20.5. The molecule has 0 saturated carbocycles. The largest absolute Gasteiger partial charge is 0.491 e. The minimum absolute atomic E-state index is 0.0951. The monoisotopic (exact) mass is 384 g/mol. The van der Waals surface area contributed by atoms with E-state index in [9.17, 15) is 9.90 Å². The Bertz CT molecular complexity index is 1020. The number of fused-ring (bicyclic) bond motifs is 1. The van der Waals surface area contributed by atoms with Crippen molar-refractivity contribution >= 4 is 11.9 Å². The fraction of sp³-hybridized carbons (Fsp3) is 0.192. The van der Waals surface area contributed by atoms with Gasteiger partial charge in [0.25, 0.3) is 0 Å². The van der Waals surface area contributed by atoms with Gasteiger partial charge in [0.05, 0.1) is 6.10 Å². The fourth-order valence-corrected chi connectivity index (χ4v) is 3.89. The van der Waals surface area contributed by atoms with Crippen LogP contribution in [0.2, 0.25) is 0 Å². The number of carbonyl (C=O) groups is 1. The van der Waals surface area contributed by atoms with E-state index < -0.39 is 5.60 Å². The first-order valence-electron chi connectivity index (χ1n) is 9.93. The van der Waals surface area contributed by atoms with Crippen LogP contribution in [0, 0.1) is 0 Å². The van der Waals surface area contributed by atoms with Gasteiger partial charge >= 0.3 is 0 Å². The number of rotatable bonds is 6. The van der Waals surface area contributed by atoms with Gasteiger partial charge < -0.3 is 9.84 Å². The third kappa shape index (κ3) is 3.87. The lowest BCUT2D eigenvalue weighted by Gasteiger charge is -2.27. The summed E-state index contributed by atoms with van der Waals surface area (Å²) >= 11 is 0. The molecule has 0 bridgehead atoms. The van der Waals surface area contributed by atoms with E-state index in [-0.39, 0.29) is 11.9 Å². The predicted molar refractivity (Wildman–Crippen MR) is 115 cm³/mol. The van der Waals surface area contributed by atoms with Crippen molar-refractivity contribution < 1.29 is 14.6 Å². The molecule has 29 heavy (non-hydrogen) atoms. The molecule has 0 aliphatic heterocycles. The lowest BCUT2D eigenvalue weighted by atomic mass is 9.85. The summed E-state index contributed by atoms with van der Waals surface area (Å²) in [5.41, 5.74) is 1.26. The molecular weight excluding hydrogens is 360 g/mol. The first kappa shape index (κ1) is 19.2. The summed E-state index contributed by atoms with van der Waals surface area (Å²) in [5, 5.41) is 11.7. The van der Waals surface area contributed by atoms with Crippen molar-refractivity contribution in [1.82, 2.24) is 0 Å². The minimum Gasteiger partial charge on any atom is -0.491 e. The van der Waals surface area contributed by atoms with Crippen molar-refractivity contribution in [2.24, 2.45) is 0 Å². The van der Waals surface area contributed by atoms with Crippen LogP contribution in [-0.4, -0.2) is 17.0 Å². The molecule has 3 nitrogen and oxygen atoms in total. The average Bonchev–Trinajstić information content (AvgIpc) is 2.96. The maximum absolute atomic E-state index is 13.1. The van der Waals surface area contributed by atoms with E-state index in [1.54, 1.807) is 6.07 Å². The van der Waals surface area contributed by atoms with Crippen molar-refractivity contribution in [3.8, 4) is 5.75 Å². The van der Waals surface area contributed by atoms with Gasteiger partial charge in [-0.25, -0.2) is 0 Å². The molecule has 146 valence electrons. The Morgan fingerprint density at radius 3 is 2.28 bits per heavy atom. The van der Waals surface area contributed by atoms with Crippen LogP contribution in [-0.2, 0) is 5.60 Å². The van der Waals surface area contributed by atoms with Crippen molar-refractivity contribution in [3.05, 3.63) is 107 Å². The zero-order valence-corrected chi connectivity index (χ0v) is 16.4. The van der Waals surface area contributed by atoms with Gasteiger partial charge in [0.1, 0.15) is 11.4 Å². The quantitative estimate of drug-likeness (QED) is 0.579. The van der Waals surface area contributed by atoms with E-state index in [0.717, 1.165) is 11.3 Å². The first-order valence-corrected chi connectivity index (χ1v) is 9.93. The van der Waals surface area contributed by atoms with Crippen LogP contribution in [0.3, 0.4) is 0 Å². The summed E-state index contributed by atoms with van der Waals surface area (Å²) in [5.74, 6) is 0.693. The molecule has 0 saturated heterocycles. The number of hydrogen-bond donors (Lipinski definition) is 1. The van der Waals surface area contributed by atoms with E-state index >= 15 is 0 Å². The van der Waals surface area contributed by atoms with Crippen molar-refractivity contribution in [2.45, 2.75) is 31.5 Å². The Morgan fingerprint density at radius 2 is 1.55 bits per heavy atom. The highest BCUT2D eigenvalue weighted by atomic mass is 16.5. The van der Waals surface area contributed by atoms with Gasteiger partial charge in [-0.15, -0.1) is 0 Å². The van der Waals surface area contributed by atoms with Crippen molar-refractivity contribution in [2.75, 3.05) is 0 Å². The van der Waals surface area contributed by atoms with Gasteiger partial charge in [-0.2, -0.15) is 0 Å². The molecule has 3 heteroatoms. The second-order valence-corrected chi connectivity index (χ2v) is 7.48. The molecule has 1 aliphatic carbocycles. The molecule has 0 heterocycles. The maximum atomic E-state index is 13.1. The van der Waals surface area contributed by atoms with Gasteiger partial charge in [-0.05, 0) is 49.1 Å². The molecule has 3 aromatic carbocycles. The average molecular weight is 384 g/mol. The van der Waals surface area contributed by atoms with Crippen LogP contribution in [0.15, 0.2) is 90.5 Å². The van der Waals surface area contributed by atoms with E-state index in [1.807, 2.05) is 91.9 Å². The lowest BCUT2D eigenvalue weighted by Crippen LogP contribution is -2.28. The third-order valence-electron chi connectivity index (χ3n) is 5.41. The van der Waals surface area contributed by atoms with Crippen LogP contribution in [0.4, 0.5) is 0 Å². The lowest BCUT2D eigenvalue weighted by molar-refractivity contribution is 0.0546. The smallest absolute Gasteiger partial charge is 0.192 e. The third-order valence-corrected chi connectivity index (χ3v) is 5.41. The minimum atomic E-state index is -1.32. The van der Waals surface area contributed by atoms with Crippen molar-refractivity contribution in [3.63, 3.8) is 0 Å². The highest BCUT2D eigenvalue weighted by Crippen LogP contribution is 2.45. The molecule has 3 aromatic rings. The molecular formula is C26H24O3.